The SMILES string of the molecule is CC12CC/C(=N/OCCN3CCCCC3)C=C1CCC1C2CCC2(C)C(O)CCC12. The number of allylic oxidation sites excluding steroid dienone is 2. The Morgan fingerprint density at radius 2 is 1.87 bits per heavy atom. The summed E-state index contributed by atoms with van der Waals surface area (Å²) in [5.41, 5.74) is 3.32. The summed E-state index contributed by atoms with van der Waals surface area (Å²) in [6.45, 7) is 9.10. The Labute approximate surface area is 183 Å². The average Bonchev–Trinajstić information content (AvgIpc) is 3.07. The molecule has 5 rings (SSSR count). The molecule has 1 heterocycles. The monoisotopic (exact) mass is 414 g/mol. The van der Waals surface area contributed by atoms with E-state index in [1.165, 1.54) is 70.9 Å². The zero-order valence-electron chi connectivity index (χ0n) is 19.2. The van der Waals surface area contributed by atoms with Crippen LogP contribution in [0.5, 0.6) is 0 Å². The van der Waals surface area contributed by atoms with Gasteiger partial charge in [-0.1, -0.05) is 31.0 Å². The van der Waals surface area contributed by atoms with Crippen molar-refractivity contribution in [2.75, 3.05) is 26.2 Å². The molecule has 0 bridgehead atoms. The minimum Gasteiger partial charge on any atom is -0.394 e. The van der Waals surface area contributed by atoms with Crippen LogP contribution in [0.15, 0.2) is 16.8 Å². The maximum absolute atomic E-state index is 10.6. The molecule has 0 aromatic heterocycles. The van der Waals surface area contributed by atoms with Gasteiger partial charge in [0.1, 0.15) is 6.61 Å². The van der Waals surface area contributed by atoms with Crippen LogP contribution in [0.2, 0.25) is 0 Å². The summed E-state index contributed by atoms with van der Waals surface area (Å²) in [5, 5.41) is 15.2. The number of likely N-dealkylation sites (tertiary alicyclic amines) is 1. The van der Waals surface area contributed by atoms with Gasteiger partial charge in [-0.2, -0.15) is 0 Å². The van der Waals surface area contributed by atoms with E-state index in [2.05, 4.69) is 30.0 Å². The molecule has 1 aliphatic heterocycles. The second kappa shape index (κ2) is 8.24. The zero-order chi connectivity index (χ0) is 20.8. The number of hydrogen-bond acceptors (Lipinski definition) is 4. The number of fused-ring (bicyclic) bond motifs is 5. The van der Waals surface area contributed by atoms with Crippen LogP contribution in [0.25, 0.3) is 0 Å². The topological polar surface area (TPSA) is 45.1 Å². The molecule has 4 nitrogen and oxygen atoms in total. The van der Waals surface area contributed by atoms with Crippen molar-refractivity contribution in [1.29, 1.82) is 0 Å². The third kappa shape index (κ3) is 3.56. The van der Waals surface area contributed by atoms with Gasteiger partial charge in [0.05, 0.1) is 11.8 Å². The highest BCUT2D eigenvalue weighted by Crippen LogP contribution is 2.65. The van der Waals surface area contributed by atoms with Gasteiger partial charge in [-0.15, -0.1) is 0 Å². The molecule has 6 unspecified atom stereocenters. The summed E-state index contributed by atoms with van der Waals surface area (Å²) in [6, 6.07) is 0. The van der Waals surface area contributed by atoms with Gasteiger partial charge in [-0.05, 0) is 112 Å². The molecule has 4 aliphatic carbocycles. The number of piperidine rings is 1. The normalized spacial score (nSPS) is 45.4. The van der Waals surface area contributed by atoms with Crippen molar-refractivity contribution >= 4 is 5.71 Å². The summed E-state index contributed by atoms with van der Waals surface area (Å²) in [5.74, 6) is 2.34. The molecule has 0 radical (unpaired) electrons. The second-order valence-electron chi connectivity index (χ2n) is 11.5. The highest BCUT2D eigenvalue weighted by atomic mass is 16.6. The Kier molecular flexibility index (Phi) is 5.77. The number of aliphatic hydroxyl groups excluding tert-OH is 1. The van der Waals surface area contributed by atoms with Gasteiger partial charge in [-0.25, -0.2) is 0 Å². The van der Waals surface area contributed by atoms with Crippen molar-refractivity contribution in [1.82, 2.24) is 4.90 Å². The molecule has 5 aliphatic rings. The minimum absolute atomic E-state index is 0.0691. The molecular weight excluding hydrogens is 372 g/mol. The van der Waals surface area contributed by atoms with Crippen molar-refractivity contribution < 1.29 is 9.94 Å². The molecule has 1 saturated heterocycles. The smallest absolute Gasteiger partial charge is 0.129 e. The predicted molar refractivity (Wildman–Crippen MR) is 121 cm³/mol. The van der Waals surface area contributed by atoms with Gasteiger partial charge < -0.3 is 9.94 Å². The van der Waals surface area contributed by atoms with Crippen LogP contribution in [-0.2, 0) is 4.84 Å². The van der Waals surface area contributed by atoms with E-state index >= 15 is 0 Å². The molecule has 0 amide bonds. The van der Waals surface area contributed by atoms with Crippen molar-refractivity contribution in [2.24, 2.45) is 33.7 Å². The maximum Gasteiger partial charge on any atom is 0.129 e. The van der Waals surface area contributed by atoms with Crippen molar-refractivity contribution in [2.45, 2.75) is 90.6 Å². The molecule has 3 saturated carbocycles. The Morgan fingerprint density at radius 3 is 2.70 bits per heavy atom. The van der Waals surface area contributed by atoms with Gasteiger partial charge in [0, 0.05) is 6.54 Å². The molecule has 4 fully saturated rings. The molecule has 0 aromatic rings. The first-order chi connectivity index (χ1) is 14.5. The van der Waals surface area contributed by atoms with Crippen LogP contribution in [-0.4, -0.2) is 48.1 Å². The summed E-state index contributed by atoms with van der Waals surface area (Å²) >= 11 is 0. The molecule has 4 heteroatoms. The molecule has 0 spiro atoms. The van der Waals surface area contributed by atoms with E-state index in [-0.39, 0.29) is 11.5 Å². The van der Waals surface area contributed by atoms with Crippen molar-refractivity contribution in [3.8, 4) is 0 Å². The van der Waals surface area contributed by atoms with Crippen LogP contribution >= 0.6 is 0 Å². The van der Waals surface area contributed by atoms with Gasteiger partial charge in [0.25, 0.3) is 0 Å². The van der Waals surface area contributed by atoms with Crippen molar-refractivity contribution in [3.63, 3.8) is 0 Å². The number of rotatable bonds is 4. The lowest BCUT2D eigenvalue weighted by atomic mass is 9.47. The lowest BCUT2D eigenvalue weighted by molar-refractivity contribution is -0.0722. The molecule has 6 atom stereocenters. The minimum atomic E-state index is -0.0691. The predicted octanol–water partition coefficient (Wildman–Crippen LogP) is 5.17. The Hall–Kier alpha value is -0.870. The first kappa shape index (κ1) is 21.0. The van der Waals surface area contributed by atoms with E-state index in [9.17, 15) is 5.11 Å². The third-order valence-corrected chi connectivity index (χ3v) is 10.1. The van der Waals surface area contributed by atoms with E-state index in [1.807, 2.05) is 0 Å². The maximum atomic E-state index is 10.6. The molecule has 168 valence electrons. The van der Waals surface area contributed by atoms with Crippen LogP contribution < -0.4 is 0 Å². The van der Waals surface area contributed by atoms with Gasteiger partial charge in [0.2, 0.25) is 0 Å². The average molecular weight is 415 g/mol. The van der Waals surface area contributed by atoms with Crippen LogP contribution in [0.3, 0.4) is 0 Å². The Bertz CT molecular complexity index is 697. The first-order valence-electron chi connectivity index (χ1n) is 12.8. The molecule has 1 N–H and O–H groups in total. The fourth-order valence-electron chi connectivity index (χ4n) is 8.10. The number of hydrogen-bond donors (Lipinski definition) is 1. The number of aliphatic hydroxyl groups is 1. The summed E-state index contributed by atoms with van der Waals surface area (Å²) in [6.07, 6.45) is 16.0. The third-order valence-electron chi connectivity index (χ3n) is 10.1. The van der Waals surface area contributed by atoms with Crippen molar-refractivity contribution in [3.05, 3.63) is 11.6 Å². The number of oxime groups is 1. The molecular formula is C26H42N2O2. The fourth-order valence-corrected chi connectivity index (χ4v) is 8.10. The molecule has 30 heavy (non-hydrogen) atoms. The largest absolute Gasteiger partial charge is 0.394 e. The lowest BCUT2D eigenvalue weighted by Crippen LogP contribution is -2.51. The molecule has 0 aromatic carbocycles. The first-order valence-corrected chi connectivity index (χ1v) is 12.8. The van der Waals surface area contributed by atoms with Crippen LogP contribution in [0, 0.1) is 28.6 Å². The number of nitrogens with zero attached hydrogens (tertiary/aromatic N) is 2. The van der Waals surface area contributed by atoms with E-state index < -0.39 is 0 Å². The summed E-state index contributed by atoms with van der Waals surface area (Å²) in [4.78, 5) is 8.26. The zero-order valence-corrected chi connectivity index (χ0v) is 19.2. The van der Waals surface area contributed by atoms with Gasteiger partial charge in [-0.3, -0.25) is 4.90 Å². The van der Waals surface area contributed by atoms with Gasteiger partial charge >= 0.3 is 0 Å². The highest BCUT2D eigenvalue weighted by molar-refractivity contribution is 5.96. The Morgan fingerprint density at radius 1 is 1.03 bits per heavy atom. The lowest BCUT2D eigenvalue weighted by Gasteiger charge is -2.57. The summed E-state index contributed by atoms with van der Waals surface area (Å²) < 4.78 is 0. The van der Waals surface area contributed by atoms with Gasteiger partial charge in [0.15, 0.2) is 0 Å². The van der Waals surface area contributed by atoms with E-state index in [1.54, 1.807) is 5.57 Å². The van der Waals surface area contributed by atoms with E-state index in [4.69, 9.17) is 4.84 Å². The second-order valence-corrected chi connectivity index (χ2v) is 11.5. The quantitative estimate of drug-likeness (QED) is 0.510. The summed E-state index contributed by atoms with van der Waals surface area (Å²) in [7, 11) is 0. The standard InChI is InChI=1S/C26H42N2O2/c1-25-12-10-20(27-30-17-16-28-14-4-3-5-15-28)18-19(25)6-7-21-22-8-9-24(29)26(22,2)13-11-23(21)25/h18,21-24,29H,3-17H2,1-2H3/b27-20-. The van der Waals surface area contributed by atoms with Crippen LogP contribution in [0.1, 0.15) is 84.5 Å². The van der Waals surface area contributed by atoms with Crippen LogP contribution in [0.4, 0.5) is 0 Å². The highest BCUT2D eigenvalue weighted by Gasteiger charge is 2.58. The fraction of sp³-hybridized carbons (Fsp3) is 0.885. The Balaban J connectivity index is 1.23. The van der Waals surface area contributed by atoms with E-state index in [0.29, 0.717) is 5.41 Å². The van der Waals surface area contributed by atoms with E-state index in [0.717, 1.165) is 49.5 Å².